The van der Waals surface area contributed by atoms with Gasteiger partial charge in [-0.3, -0.25) is 0 Å². The van der Waals surface area contributed by atoms with Crippen LogP contribution in [0.1, 0.15) is 12.8 Å². The molecule has 1 aliphatic carbocycles. The molecule has 0 unspecified atom stereocenters. The first-order chi connectivity index (χ1) is 6.24. The van der Waals surface area contributed by atoms with Gasteiger partial charge in [0.15, 0.2) is 0 Å². The molecule has 0 saturated heterocycles. The molecule has 1 saturated carbocycles. The molecule has 1 aliphatic rings. The van der Waals surface area contributed by atoms with Crippen LogP contribution >= 0.6 is 27.5 Å². The smallest absolute Gasteiger partial charge is 0.123 e. The lowest BCUT2D eigenvalue weighted by Crippen LogP contribution is -2.19. The average Bonchev–Trinajstić information content (AvgIpc) is 2.86. The number of rotatable bonds is 3. The summed E-state index contributed by atoms with van der Waals surface area (Å²) in [6.45, 7) is 0. The van der Waals surface area contributed by atoms with Gasteiger partial charge in [0, 0.05) is 4.47 Å². The molecule has 0 amide bonds. The first-order valence-corrected chi connectivity index (χ1v) is 5.57. The first kappa shape index (κ1) is 9.35. The lowest BCUT2D eigenvalue weighted by Gasteiger charge is -2.14. The van der Waals surface area contributed by atoms with Crippen LogP contribution in [0.3, 0.4) is 0 Å². The van der Waals surface area contributed by atoms with Crippen LogP contribution in [0, 0.1) is 0 Å². The predicted molar refractivity (Wildman–Crippen MR) is 57.5 cm³/mol. The fraction of sp³-hybridized carbons (Fsp3) is 0.400. The molecule has 3 heteroatoms. The van der Waals surface area contributed by atoms with Crippen molar-refractivity contribution in [2.24, 2.45) is 0 Å². The van der Waals surface area contributed by atoms with Crippen LogP contribution in [0.5, 0.6) is 5.75 Å². The molecule has 2 rings (SSSR count). The minimum absolute atomic E-state index is 0.0671. The van der Waals surface area contributed by atoms with E-state index in [0.717, 1.165) is 23.1 Å². The highest BCUT2D eigenvalue weighted by Crippen LogP contribution is 2.41. The van der Waals surface area contributed by atoms with E-state index in [2.05, 4.69) is 15.9 Å². The minimum atomic E-state index is -0.0671. The average molecular weight is 262 g/mol. The number of benzene rings is 1. The second-order valence-electron chi connectivity index (χ2n) is 3.38. The normalized spacial score (nSPS) is 18.3. The Labute approximate surface area is 91.2 Å². The Hall–Kier alpha value is -0.210. The van der Waals surface area contributed by atoms with Crippen molar-refractivity contribution in [2.45, 2.75) is 18.4 Å². The summed E-state index contributed by atoms with van der Waals surface area (Å²) in [5.41, 5.74) is -0.0671. The van der Waals surface area contributed by atoms with Crippen molar-refractivity contribution in [1.29, 1.82) is 0 Å². The molecule has 0 N–H and O–H groups in total. The molecule has 0 aliphatic heterocycles. The van der Waals surface area contributed by atoms with Crippen molar-refractivity contribution in [3.63, 3.8) is 0 Å². The second-order valence-corrected chi connectivity index (χ2v) is 4.56. The Morgan fingerprint density at radius 1 is 1.46 bits per heavy atom. The third-order valence-electron chi connectivity index (χ3n) is 2.18. The molecule has 1 aromatic carbocycles. The summed E-state index contributed by atoms with van der Waals surface area (Å²) < 4.78 is 6.82. The SMILES string of the molecule is ClCC1(Oc2cccc(Br)c2)CC1. The van der Waals surface area contributed by atoms with Gasteiger partial charge in [-0.15, -0.1) is 11.6 Å². The van der Waals surface area contributed by atoms with E-state index in [-0.39, 0.29) is 5.60 Å². The van der Waals surface area contributed by atoms with E-state index < -0.39 is 0 Å². The van der Waals surface area contributed by atoms with Crippen molar-refractivity contribution in [1.82, 2.24) is 0 Å². The van der Waals surface area contributed by atoms with Crippen LogP contribution < -0.4 is 4.74 Å². The summed E-state index contributed by atoms with van der Waals surface area (Å²) >= 11 is 9.21. The lowest BCUT2D eigenvalue weighted by atomic mass is 10.3. The Bertz CT molecular complexity index is 310. The first-order valence-electron chi connectivity index (χ1n) is 4.25. The largest absolute Gasteiger partial charge is 0.486 e. The molecule has 1 fully saturated rings. The summed E-state index contributed by atoms with van der Waals surface area (Å²) in [6.07, 6.45) is 2.14. The number of hydrogen-bond donors (Lipinski definition) is 0. The molecule has 0 bridgehead atoms. The summed E-state index contributed by atoms with van der Waals surface area (Å²) in [5.74, 6) is 1.48. The zero-order valence-corrected chi connectivity index (χ0v) is 9.44. The Kier molecular flexibility index (Phi) is 2.52. The van der Waals surface area contributed by atoms with Gasteiger partial charge in [-0.1, -0.05) is 22.0 Å². The van der Waals surface area contributed by atoms with E-state index in [1.54, 1.807) is 0 Å². The number of hydrogen-bond acceptors (Lipinski definition) is 1. The molecule has 13 heavy (non-hydrogen) atoms. The molecule has 0 spiro atoms. The molecule has 1 aromatic rings. The second kappa shape index (κ2) is 3.50. The maximum atomic E-state index is 5.81. The molecule has 1 nitrogen and oxygen atoms in total. The summed E-state index contributed by atoms with van der Waals surface area (Å²) in [4.78, 5) is 0. The van der Waals surface area contributed by atoms with E-state index in [1.165, 1.54) is 0 Å². The number of alkyl halides is 1. The van der Waals surface area contributed by atoms with Crippen molar-refractivity contribution in [3.8, 4) is 5.75 Å². The van der Waals surface area contributed by atoms with Gasteiger partial charge in [0.1, 0.15) is 11.4 Å². The highest BCUT2D eigenvalue weighted by atomic mass is 79.9. The molecule has 70 valence electrons. The molecule has 0 heterocycles. The maximum absolute atomic E-state index is 5.81. The van der Waals surface area contributed by atoms with E-state index >= 15 is 0 Å². The van der Waals surface area contributed by atoms with Gasteiger partial charge >= 0.3 is 0 Å². The Balaban J connectivity index is 2.09. The van der Waals surface area contributed by atoms with Crippen molar-refractivity contribution < 1.29 is 4.74 Å². The lowest BCUT2D eigenvalue weighted by molar-refractivity contribution is 0.203. The van der Waals surface area contributed by atoms with Gasteiger partial charge in [0.2, 0.25) is 0 Å². The molecular formula is C10H10BrClO. The molecule has 0 radical (unpaired) electrons. The minimum Gasteiger partial charge on any atom is -0.486 e. The highest BCUT2D eigenvalue weighted by Gasteiger charge is 2.44. The Morgan fingerprint density at radius 3 is 2.77 bits per heavy atom. The summed E-state index contributed by atoms with van der Waals surface area (Å²) in [5, 5.41) is 0. The van der Waals surface area contributed by atoms with E-state index in [0.29, 0.717) is 5.88 Å². The zero-order valence-electron chi connectivity index (χ0n) is 7.09. The Morgan fingerprint density at radius 2 is 2.23 bits per heavy atom. The number of halogens is 2. The topological polar surface area (TPSA) is 9.23 Å². The number of ether oxygens (including phenoxy) is 1. The quantitative estimate of drug-likeness (QED) is 0.756. The van der Waals surface area contributed by atoms with Gasteiger partial charge in [-0.25, -0.2) is 0 Å². The third-order valence-corrected chi connectivity index (χ3v) is 3.16. The van der Waals surface area contributed by atoms with Gasteiger partial charge in [-0.05, 0) is 31.0 Å². The van der Waals surface area contributed by atoms with Crippen LogP contribution in [-0.4, -0.2) is 11.5 Å². The fourth-order valence-corrected chi connectivity index (χ4v) is 1.88. The molecule has 0 atom stereocenters. The summed E-state index contributed by atoms with van der Waals surface area (Å²) in [7, 11) is 0. The van der Waals surface area contributed by atoms with Crippen molar-refractivity contribution in [2.75, 3.05) is 5.88 Å². The van der Waals surface area contributed by atoms with Gasteiger partial charge in [0.05, 0.1) is 5.88 Å². The van der Waals surface area contributed by atoms with Crippen LogP contribution in [0.4, 0.5) is 0 Å². The van der Waals surface area contributed by atoms with Crippen molar-refractivity contribution in [3.05, 3.63) is 28.7 Å². The van der Waals surface area contributed by atoms with E-state index in [4.69, 9.17) is 16.3 Å². The van der Waals surface area contributed by atoms with Crippen LogP contribution in [0.2, 0.25) is 0 Å². The zero-order chi connectivity index (χ0) is 9.31. The van der Waals surface area contributed by atoms with Gasteiger partial charge < -0.3 is 4.74 Å². The van der Waals surface area contributed by atoms with Crippen molar-refractivity contribution >= 4 is 27.5 Å². The standard InChI is InChI=1S/C10H10BrClO/c11-8-2-1-3-9(6-8)13-10(7-12)4-5-10/h1-3,6H,4-5,7H2. The van der Waals surface area contributed by atoms with Crippen LogP contribution in [0.15, 0.2) is 28.7 Å². The predicted octanol–water partition coefficient (Wildman–Crippen LogP) is 3.60. The fourth-order valence-electron chi connectivity index (χ4n) is 1.18. The van der Waals surface area contributed by atoms with Crippen LogP contribution in [0.25, 0.3) is 0 Å². The van der Waals surface area contributed by atoms with E-state index in [1.807, 2.05) is 24.3 Å². The monoisotopic (exact) mass is 260 g/mol. The highest BCUT2D eigenvalue weighted by molar-refractivity contribution is 9.10. The van der Waals surface area contributed by atoms with Gasteiger partial charge in [0.25, 0.3) is 0 Å². The molecule has 0 aromatic heterocycles. The molecular weight excluding hydrogens is 251 g/mol. The van der Waals surface area contributed by atoms with E-state index in [9.17, 15) is 0 Å². The third kappa shape index (κ3) is 2.18. The van der Waals surface area contributed by atoms with Gasteiger partial charge in [-0.2, -0.15) is 0 Å². The summed E-state index contributed by atoms with van der Waals surface area (Å²) in [6, 6.07) is 7.86. The maximum Gasteiger partial charge on any atom is 0.123 e. The van der Waals surface area contributed by atoms with Crippen LogP contribution in [-0.2, 0) is 0 Å².